The predicted octanol–water partition coefficient (Wildman–Crippen LogP) is 3.53. The zero-order chi connectivity index (χ0) is 16.1. The summed E-state index contributed by atoms with van der Waals surface area (Å²) < 4.78 is 6.23. The molecule has 1 aliphatic rings. The Morgan fingerprint density at radius 1 is 1.32 bits per heavy atom. The van der Waals surface area contributed by atoms with Gasteiger partial charge in [0, 0.05) is 9.61 Å². The van der Waals surface area contributed by atoms with Crippen molar-refractivity contribution in [1.29, 1.82) is 0 Å². The van der Waals surface area contributed by atoms with Crippen molar-refractivity contribution in [1.82, 2.24) is 5.32 Å². The lowest BCUT2D eigenvalue weighted by molar-refractivity contribution is -0.130. The van der Waals surface area contributed by atoms with Crippen LogP contribution in [-0.4, -0.2) is 24.0 Å². The minimum Gasteiger partial charge on any atom is -0.449 e. The Hall–Kier alpha value is -1.11. The molecule has 0 saturated heterocycles. The molecule has 0 aromatic heterocycles. The molecule has 1 aliphatic carbocycles. The zero-order valence-corrected chi connectivity index (χ0v) is 15.1. The fraction of sp³-hybridized carbons (Fsp3) is 0.529. The Labute approximate surface area is 145 Å². The Morgan fingerprint density at radius 2 is 2.05 bits per heavy atom. The predicted molar refractivity (Wildman–Crippen MR) is 93.6 cm³/mol. The van der Waals surface area contributed by atoms with E-state index >= 15 is 0 Å². The maximum Gasteiger partial charge on any atom is 0.338 e. The molecule has 0 spiro atoms. The largest absolute Gasteiger partial charge is 0.449 e. The number of rotatable bonds is 4. The van der Waals surface area contributed by atoms with Crippen LogP contribution in [0.3, 0.4) is 0 Å². The lowest BCUT2D eigenvalue weighted by Gasteiger charge is -2.30. The monoisotopic (exact) mass is 415 g/mol. The number of ether oxygens (including phenoxy) is 1. The minimum atomic E-state index is -0.778. The quantitative estimate of drug-likeness (QED) is 0.605. The molecule has 5 heteroatoms. The molecule has 3 atom stereocenters. The summed E-state index contributed by atoms with van der Waals surface area (Å²) in [7, 11) is 0. The first-order valence-corrected chi connectivity index (χ1v) is 8.82. The molecule has 4 nitrogen and oxygen atoms in total. The van der Waals surface area contributed by atoms with E-state index in [4.69, 9.17) is 4.74 Å². The van der Waals surface area contributed by atoms with E-state index in [2.05, 4.69) is 34.8 Å². The van der Waals surface area contributed by atoms with E-state index in [0.717, 1.165) is 22.8 Å². The molecule has 1 aromatic rings. The molecular weight excluding hydrogens is 393 g/mol. The third-order valence-electron chi connectivity index (χ3n) is 4.15. The molecule has 120 valence electrons. The van der Waals surface area contributed by atoms with E-state index in [1.807, 2.05) is 6.07 Å². The second-order valence-electron chi connectivity index (χ2n) is 5.93. The van der Waals surface area contributed by atoms with Crippen molar-refractivity contribution in [3.05, 3.63) is 33.4 Å². The van der Waals surface area contributed by atoms with Crippen molar-refractivity contribution < 1.29 is 14.3 Å². The summed E-state index contributed by atoms with van der Waals surface area (Å²) in [4.78, 5) is 24.3. The molecule has 0 unspecified atom stereocenters. The lowest BCUT2D eigenvalue weighted by Crippen LogP contribution is -2.45. The molecular formula is C17H22INO3. The highest BCUT2D eigenvalue weighted by Gasteiger charge is 2.26. The van der Waals surface area contributed by atoms with Crippen LogP contribution in [-0.2, 0) is 9.53 Å². The van der Waals surface area contributed by atoms with Crippen LogP contribution in [0.2, 0.25) is 0 Å². The molecule has 1 aromatic carbocycles. The van der Waals surface area contributed by atoms with Gasteiger partial charge in [-0.1, -0.05) is 25.8 Å². The maximum absolute atomic E-state index is 12.2. The summed E-state index contributed by atoms with van der Waals surface area (Å²) in [6.45, 7) is 3.78. The fourth-order valence-corrected chi connectivity index (χ4v) is 3.27. The molecule has 2 rings (SSSR count). The van der Waals surface area contributed by atoms with Gasteiger partial charge in [-0.25, -0.2) is 4.79 Å². The summed E-state index contributed by atoms with van der Waals surface area (Å²) in [6, 6.07) is 7.33. The number of hydrogen-bond acceptors (Lipinski definition) is 3. The van der Waals surface area contributed by atoms with E-state index in [1.165, 1.54) is 6.42 Å². The summed E-state index contributed by atoms with van der Waals surface area (Å²) in [5.41, 5.74) is 0.470. The second-order valence-corrected chi connectivity index (χ2v) is 7.18. The molecule has 0 bridgehead atoms. The van der Waals surface area contributed by atoms with Gasteiger partial charge >= 0.3 is 5.97 Å². The first-order chi connectivity index (χ1) is 10.5. The first-order valence-electron chi connectivity index (χ1n) is 7.74. The van der Waals surface area contributed by atoms with Crippen LogP contribution in [0.5, 0.6) is 0 Å². The number of carbonyl (C=O) groups is 2. The minimum absolute atomic E-state index is 0.195. The van der Waals surface area contributed by atoms with E-state index in [1.54, 1.807) is 25.1 Å². The third kappa shape index (κ3) is 4.69. The molecule has 0 radical (unpaired) electrons. The zero-order valence-electron chi connectivity index (χ0n) is 13.0. The number of amides is 1. The number of halogens is 1. The van der Waals surface area contributed by atoms with E-state index in [0.29, 0.717) is 11.5 Å². The van der Waals surface area contributed by atoms with Crippen LogP contribution in [0.15, 0.2) is 24.3 Å². The van der Waals surface area contributed by atoms with Crippen LogP contribution in [0, 0.1) is 9.49 Å². The van der Waals surface area contributed by atoms with Crippen molar-refractivity contribution >= 4 is 34.5 Å². The summed E-state index contributed by atoms with van der Waals surface area (Å²) in [6.07, 6.45) is 3.74. The molecule has 1 amide bonds. The van der Waals surface area contributed by atoms with Gasteiger partial charge in [0.15, 0.2) is 6.10 Å². The van der Waals surface area contributed by atoms with Crippen LogP contribution >= 0.6 is 22.6 Å². The van der Waals surface area contributed by atoms with E-state index in [9.17, 15) is 9.59 Å². The Balaban J connectivity index is 1.89. The number of nitrogens with one attached hydrogen (secondary N) is 1. The van der Waals surface area contributed by atoms with Crippen molar-refractivity contribution in [2.24, 2.45) is 5.92 Å². The smallest absolute Gasteiger partial charge is 0.338 e. The van der Waals surface area contributed by atoms with Crippen LogP contribution in [0.1, 0.15) is 49.9 Å². The third-order valence-corrected chi connectivity index (χ3v) is 4.82. The van der Waals surface area contributed by atoms with Gasteiger partial charge in [0.2, 0.25) is 0 Å². The Morgan fingerprint density at radius 3 is 2.73 bits per heavy atom. The number of carbonyl (C=O) groups excluding carboxylic acids is 2. The summed E-state index contributed by atoms with van der Waals surface area (Å²) >= 11 is 2.14. The van der Waals surface area contributed by atoms with Gasteiger partial charge in [0.05, 0.1) is 5.56 Å². The van der Waals surface area contributed by atoms with E-state index in [-0.39, 0.29) is 11.9 Å². The second kappa shape index (κ2) is 7.94. The van der Waals surface area contributed by atoms with Gasteiger partial charge in [-0.3, -0.25) is 4.79 Å². The summed E-state index contributed by atoms with van der Waals surface area (Å²) in [5, 5.41) is 3.02. The standard InChI is InChI=1S/C17H22INO3/c1-11-6-3-4-9-15(11)19-16(20)12(2)22-17(21)13-7-5-8-14(18)10-13/h5,7-8,10-12,15H,3-4,6,9H2,1-2H3,(H,19,20)/t11-,12-,15-/m1/s1. The van der Waals surface area contributed by atoms with Crippen LogP contribution in [0.25, 0.3) is 0 Å². The van der Waals surface area contributed by atoms with Gasteiger partial charge in [0.1, 0.15) is 0 Å². The number of benzene rings is 1. The van der Waals surface area contributed by atoms with Gasteiger partial charge in [0.25, 0.3) is 5.91 Å². The molecule has 0 aliphatic heterocycles. The Bertz CT molecular complexity index is 546. The molecule has 22 heavy (non-hydrogen) atoms. The van der Waals surface area contributed by atoms with Crippen molar-refractivity contribution in [2.45, 2.75) is 51.7 Å². The number of esters is 1. The molecule has 0 heterocycles. The highest BCUT2D eigenvalue weighted by molar-refractivity contribution is 14.1. The van der Waals surface area contributed by atoms with Crippen LogP contribution in [0.4, 0.5) is 0 Å². The number of hydrogen-bond donors (Lipinski definition) is 1. The average Bonchev–Trinajstić information content (AvgIpc) is 2.49. The van der Waals surface area contributed by atoms with Gasteiger partial charge in [-0.05, 0) is 66.5 Å². The maximum atomic E-state index is 12.2. The topological polar surface area (TPSA) is 55.4 Å². The highest BCUT2D eigenvalue weighted by Crippen LogP contribution is 2.23. The van der Waals surface area contributed by atoms with Crippen LogP contribution < -0.4 is 5.32 Å². The first kappa shape index (κ1) is 17.2. The fourth-order valence-electron chi connectivity index (χ4n) is 2.73. The van der Waals surface area contributed by atoms with Gasteiger partial charge in [-0.15, -0.1) is 0 Å². The summed E-state index contributed by atoms with van der Waals surface area (Å²) in [5.74, 6) is -0.188. The van der Waals surface area contributed by atoms with Crippen molar-refractivity contribution in [3.8, 4) is 0 Å². The SMILES string of the molecule is C[C@@H]1CCCC[C@H]1NC(=O)[C@@H](C)OC(=O)c1cccc(I)c1. The highest BCUT2D eigenvalue weighted by atomic mass is 127. The normalized spacial score (nSPS) is 22.7. The van der Waals surface area contributed by atoms with Gasteiger partial charge in [-0.2, -0.15) is 0 Å². The average molecular weight is 415 g/mol. The lowest BCUT2D eigenvalue weighted by atomic mass is 9.86. The van der Waals surface area contributed by atoms with Crippen molar-refractivity contribution in [2.75, 3.05) is 0 Å². The van der Waals surface area contributed by atoms with Crippen molar-refractivity contribution in [3.63, 3.8) is 0 Å². The molecule has 1 saturated carbocycles. The van der Waals surface area contributed by atoms with Gasteiger partial charge < -0.3 is 10.1 Å². The van der Waals surface area contributed by atoms with E-state index < -0.39 is 12.1 Å². The Kier molecular flexibility index (Phi) is 6.23. The molecule has 1 N–H and O–H groups in total. The molecule has 1 fully saturated rings.